The molecule has 7 nitrogen and oxygen atoms in total. The molecule has 0 bridgehead atoms. The van der Waals surface area contributed by atoms with Crippen LogP contribution in [0.1, 0.15) is 65.5 Å². The Labute approximate surface area is 214 Å². The quantitative estimate of drug-likeness (QED) is 0.661. The van der Waals surface area contributed by atoms with E-state index in [0.717, 1.165) is 54.3 Å². The number of carbonyl (C=O) groups excluding carboxylic acids is 1. The molecule has 36 heavy (non-hydrogen) atoms. The van der Waals surface area contributed by atoms with Gasteiger partial charge in [-0.15, -0.1) is 0 Å². The number of fused-ring (bicyclic) bond motifs is 1. The van der Waals surface area contributed by atoms with Crippen molar-refractivity contribution in [2.75, 3.05) is 19.7 Å². The van der Waals surface area contributed by atoms with Crippen molar-refractivity contribution in [3.8, 4) is 5.88 Å². The Hall–Kier alpha value is -2.54. The van der Waals surface area contributed by atoms with Crippen LogP contribution in [0.2, 0.25) is 0 Å². The predicted molar refractivity (Wildman–Crippen MR) is 142 cm³/mol. The second-order valence-electron chi connectivity index (χ2n) is 11.3. The molecule has 6 unspecified atom stereocenters. The molecule has 7 heteroatoms. The number of nitrogens with one attached hydrogen (secondary N) is 1. The zero-order valence-corrected chi connectivity index (χ0v) is 22.1. The molecule has 4 aliphatic heterocycles. The number of hydrogen-bond donors (Lipinski definition) is 1. The summed E-state index contributed by atoms with van der Waals surface area (Å²) in [4.78, 5) is 26.7. The Morgan fingerprint density at radius 2 is 2.08 bits per heavy atom. The van der Waals surface area contributed by atoms with Crippen LogP contribution in [0.4, 0.5) is 0 Å². The Bertz CT molecular complexity index is 1150. The number of rotatable bonds is 6. The highest BCUT2D eigenvalue weighted by Gasteiger charge is 2.31. The van der Waals surface area contributed by atoms with E-state index in [1.807, 2.05) is 13.1 Å². The zero-order valence-electron chi connectivity index (χ0n) is 22.1. The smallest absolute Gasteiger partial charge is 0.223 e. The number of ether oxygens (including phenoxy) is 2. The minimum atomic E-state index is -0.129. The number of carbonyl (C=O) groups is 1. The van der Waals surface area contributed by atoms with E-state index in [-0.39, 0.29) is 30.1 Å². The molecule has 6 atom stereocenters. The molecule has 5 heterocycles. The van der Waals surface area contributed by atoms with Gasteiger partial charge in [0, 0.05) is 49.7 Å². The molecule has 1 N–H and O–H groups in total. The summed E-state index contributed by atoms with van der Waals surface area (Å²) in [5.74, 6) is 2.00. The predicted octanol–water partition coefficient (Wildman–Crippen LogP) is 3.10. The molecule has 0 saturated carbocycles. The fourth-order valence-corrected chi connectivity index (χ4v) is 5.78. The Kier molecular flexibility index (Phi) is 7.56. The van der Waals surface area contributed by atoms with Gasteiger partial charge in [-0.3, -0.25) is 14.8 Å². The van der Waals surface area contributed by atoms with E-state index in [0.29, 0.717) is 36.6 Å². The van der Waals surface area contributed by atoms with Crippen LogP contribution in [-0.4, -0.2) is 55.1 Å². The van der Waals surface area contributed by atoms with E-state index in [1.165, 1.54) is 6.42 Å². The van der Waals surface area contributed by atoms with E-state index in [4.69, 9.17) is 24.4 Å². The molecular formula is C29H40N4O3. The van der Waals surface area contributed by atoms with Gasteiger partial charge in [-0.2, -0.15) is 0 Å². The molecule has 0 spiro atoms. The Balaban J connectivity index is 1.49. The number of nitrogens with zero attached hydrogens (tertiary/aromatic N) is 3. The number of aromatic nitrogens is 1. The van der Waals surface area contributed by atoms with Crippen molar-refractivity contribution in [1.29, 1.82) is 0 Å². The first kappa shape index (κ1) is 25.1. The highest BCUT2D eigenvalue weighted by molar-refractivity contribution is 6.09. The van der Waals surface area contributed by atoms with Crippen LogP contribution in [0.15, 0.2) is 22.1 Å². The lowest BCUT2D eigenvalue weighted by Gasteiger charge is -2.32. The number of pyridine rings is 1. The lowest BCUT2D eigenvalue weighted by molar-refractivity contribution is -0.119. The van der Waals surface area contributed by atoms with Crippen LogP contribution in [0, 0.1) is 23.7 Å². The van der Waals surface area contributed by atoms with Gasteiger partial charge in [-0.05, 0) is 50.5 Å². The lowest BCUT2D eigenvalue weighted by atomic mass is 9.85. The maximum Gasteiger partial charge on any atom is 0.223 e. The second kappa shape index (κ2) is 10.8. The minimum Gasteiger partial charge on any atom is -0.474 e. The van der Waals surface area contributed by atoms with Crippen LogP contribution in [0.3, 0.4) is 0 Å². The van der Waals surface area contributed by atoms with Crippen molar-refractivity contribution in [1.82, 2.24) is 10.3 Å². The van der Waals surface area contributed by atoms with E-state index < -0.39 is 0 Å². The topological polar surface area (TPSA) is 85.2 Å². The van der Waals surface area contributed by atoms with Crippen molar-refractivity contribution in [2.24, 2.45) is 33.7 Å². The number of aliphatic imine (C=N–C) groups is 1. The first-order valence-corrected chi connectivity index (χ1v) is 13.7. The van der Waals surface area contributed by atoms with Gasteiger partial charge >= 0.3 is 0 Å². The summed E-state index contributed by atoms with van der Waals surface area (Å²) >= 11 is 0. The molecule has 1 amide bonds. The van der Waals surface area contributed by atoms with Crippen LogP contribution >= 0.6 is 0 Å². The van der Waals surface area contributed by atoms with E-state index in [2.05, 4.69) is 44.3 Å². The molecule has 1 aromatic rings. The molecule has 4 aliphatic rings. The summed E-state index contributed by atoms with van der Waals surface area (Å²) in [6.07, 6.45) is 11.5. The third kappa shape index (κ3) is 5.41. The fraction of sp³-hybridized carbons (Fsp3) is 0.655. The third-order valence-electron chi connectivity index (χ3n) is 8.26. The molecule has 5 rings (SSSR count). The summed E-state index contributed by atoms with van der Waals surface area (Å²) in [7, 11) is 0. The standard InChI is InChI=1S/C29H40N4O3/c1-17(2)24-9-8-22-26(32-24)13-25(33-29(22)36-19(4)20-12-28(34)31-15-20)21-11-18(3)23(16-30-14-21)27-7-5-6-10-35-27/h8,11,13-14,17-20,23-24,27H,5-7,9-10,12,15-16H2,1-4H3,(H,31,34). The minimum absolute atomic E-state index is 0.0887. The normalized spacial score (nSPS) is 31.0. The molecular weight excluding hydrogens is 452 g/mol. The van der Waals surface area contributed by atoms with Crippen molar-refractivity contribution in [3.05, 3.63) is 28.4 Å². The highest BCUT2D eigenvalue weighted by Crippen LogP contribution is 2.30. The van der Waals surface area contributed by atoms with E-state index in [1.54, 1.807) is 0 Å². The lowest BCUT2D eigenvalue weighted by Crippen LogP contribution is -2.37. The average molecular weight is 493 g/mol. The summed E-state index contributed by atoms with van der Waals surface area (Å²) in [5.41, 5.74) is 1.86. The SMILES string of the molecule is CC(C)C1CC=c2c(OC(C)C3CNC(=O)C3)nc(C3=CC(C)C(C4CCCCO4)CN=C3)cc2=N1. The van der Waals surface area contributed by atoms with Gasteiger partial charge in [-0.25, -0.2) is 4.98 Å². The van der Waals surface area contributed by atoms with Crippen LogP contribution in [-0.2, 0) is 9.53 Å². The van der Waals surface area contributed by atoms with Gasteiger partial charge in [0.15, 0.2) is 0 Å². The van der Waals surface area contributed by atoms with E-state index in [9.17, 15) is 4.79 Å². The van der Waals surface area contributed by atoms with Crippen LogP contribution < -0.4 is 20.6 Å². The van der Waals surface area contributed by atoms with Gasteiger partial charge < -0.3 is 14.8 Å². The van der Waals surface area contributed by atoms with Gasteiger partial charge in [0.2, 0.25) is 11.8 Å². The van der Waals surface area contributed by atoms with Crippen molar-refractivity contribution in [2.45, 2.75) is 78.0 Å². The number of amides is 1. The maximum absolute atomic E-state index is 11.8. The van der Waals surface area contributed by atoms with Gasteiger partial charge in [0.05, 0.1) is 28.4 Å². The highest BCUT2D eigenvalue weighted by atomic mass is 16.5. The Morgan fingerprint density at radius 1 is 1.22 bits per heavy atom. The first-order chi connectivity index (χ1) is 17.4. The number of allylic oxidation sites excluding steroid dienone is 2. The van der Waals surface area contributed by atoms with Crippen LogP contribution in [0.5, 0.6) is 5.88 Å². The van der Waals surface area contributed by atoms with Crippen molar-refractivity contribution in [3.63, 3.8) is 0 Å². The van der Waals surface area contributed by atoms with Gasteiger partial charge in [0.25, 0.3) is 0 Å². The monoisotopic (exact) mass is 492 g/mol. The largest absolute Gasteiger partial charge is 0.474 e. The second-order valence-corrected chi connectivity index (χ2v) is 11.3. The summed E-state index contributed by atoms with van der Waals surface area (Å²) in [6, 6.07) is 2.35. The molecule has 0 aliphatic carbocycles. The molecule has 0 aromatic carbocycles. The Morgan fingerprint density at radius 3 is 2.81 bits per heavy atom. The van der Waals surface area contributed by atoms with E-state index >= 15 is 0 Å². The summed E-state index contributed by atoms with van der Waals surface area (Å²) in [5, 5.41) is 4.82. The third-order valence-corrected chi connectivity index (χ3v) is 8.26. The van der Waals surface area contributed by atoms with Gasteiger partial charge in [0.1, 0.15) is 6.10 Å². The molecule has 0 radical (unpaired) electrons. The number of hydrogen-bond acceptors (Lipinski definition) is 6. The maximum atomic E-state index is 11.8. The summed E-state index contributed by atoms with van der Waals surface area (Å²) in [6.45, 7) is 11.0. The van der Waals surface area contributed by atoms with Crippen molar-refractivity contribution >= 4 is 23.8 Å². The molecule has 2 fully saturated rings. The molecule has 2 saturated heterocycles. The van der Waals surface area contributed by atoms with Crippen molar-refractivity contribution < 1.29 is 14.3 Å². The average Bonchev–Trinajstić information content (AvgIpc) is 3.22. The summed E-state index contributed by atoms with van der Waals surface area (Å²) < 4.78 is 12.6. The molecule has 1 aromatic heterocycles. The molecule has 194 valence electrons. The fourth-order valence-electron chi connectivity index (χ4n) is 5.78. The first-order valence-electron chi connectivity index (χ1n) is 13.7. The zero-order chi connectivity index (χ0) is 25.2. The van der Waals surface area contributed by atoms with Crippen LogP contribution in [0.25, 0.3) is 11.6 Å². The van der Waals surface area contributed by atoms with Gasteiger partial charge in [-0.1, -0.05) is 32.9 Å².